The standard InChI is InChI=1S/C21H17N2O/c1-15-6-8-16(9-7-15)19(24)14-23-13-3-5-18-11-10-17-4-2-12-22-20(17)21(18)23/h2-13H,14H2,1H3/q+1. The fourth-order valence-electron chi connectivity index (χ4n) is 3.02. The minimum absolute atomic E-state index is 0.0976. The summed E-state index contributed by atoms with van der Waals surface area (Å²) >= 11 is 0. The van der Waals surface area contributed by atoms with E-state index < -0.39 is 0 Å². The van der Waals surface area contributed by atoms with Crippen LogP contribution >= 0.6 is 0 Å². The third kappa shape index (κ3) is 2.54. The molecule has 2 heterocycles. The smallest absolute Gasteiger partial charge is 0.239 e. The first-order chi connectivity index (χ1) is 11.7. The summed E-state index contributed by atoms with van der Waals surface area (Å²) in [6, 6.07) is 19.9. The van der Waals surface area contributed by atoms with E-state index in [2.05, 4.69) is 23.2 Å². The monoisotopic (exact) mass is 313 g/mol. The van der Waals surface area contributed by atoms with Crippen LogP contribution in [-0.2, 0) is 6.54 Å². The molecular formula is C21H17N2O+. The lowest BCUT2D eigenvalue weighted by atomic mass is 10.1. The van der Waals surface area contributed by atoms with Crippen molar-refractivity contribution in [2.45, 2.75) is 13.5 Å². The second kappa shape index (κ2) is 5.85. The number of carbonyl (C=O) groups excluding carboxylic acids is 1. The van der Waals surface area contributed by atoms with Gasteiger partial charge in [-0.25, -0.2) is 4.98 Å². The van der Waals surface area contributed by atoms with Crippen molar-refractivity contribution in [2.75, 3.05) is 0 Å². The minimum atomic E-state index is 0.0976. The third-order valence-corrected chi connectivity index (χ3v) is 4.30. The third-order valence-electron chi connectivity index (χ3n) is 4.30. The number of benzene rings is 2. The summed E-state index contributed by atoms with van der Waals surface area (Å²) in [5.41, 5.74) is 3.81. The molecule has 0 saturated carbocycles. The molecule has 0 spiro atoms. The zero-order chi connectivity index (χ0) is 16.5. The number of carbonyl (C=O) groups is 1. The SMILES string of the molecule is Cc1ccc(C(=O)C[n+]2cccc3ccc4cccnc4c32)cc1. The normalized spacial score (nSPS) is 11.0. The van der Waals surface area contributed by atoms with Crippen LogP contribution in [-0.4, -0.2) is 10.8 Å². The predicted molar refractivity (Wildman–Crippen MR) is 95.0 cm³/mol. The summed E-state index contributed by atoms with van der Waals surface area (Å²) in [5.74, 6) is 0.0976. The Hall–Kier alpha value is -3.07. The van der Waals surface area contributed by atoms with Crippen LogP contribution in [0, 0.1) is 6.92 Å². The van der Waals surface area contributed by atoms with Crippen molar-refractivity contribution in [3.8, 4) is 0 Å². The van der Waals surface area contributed by atoms with Gasteiger partial charge in [0.15, 0.2) is 6.20 Å². The van der Waals surface area contributed by atoms with E-state index in [1.54, 1.807) is 6.20 Å². The predicted octanol–water partition coefficient (Wildman–Crippen LogP) is 3.87. The van der Waals surface area contributed by atoms with Crippen molar-refractivity contribution in [1.82, 2.24) is 4.98 Å². The highest BCUT2D eigenvalue weighted by atomic mass is 16.1. The number of fused-ring (bicyclic) bond motifs is 3. The molecule has 0 aliphatic rings. The molecule has 0 aliphatic heterocycles. The van der Waals surface area contributed by atoms with E-state index in [-0.39, 0.29) is 5.78 Å². The van der Waals surface area contributed by atoms with Crippen LogP contribution in [0.4, 0.5) is 0 Å². The van der Waals surface area contributed by atoms with Crippen LogP contribution in [0.3, 0.4) is 0 Å². The molecule has 0 fully saturated rings. The maximum absolute atomic E-state index is 12.7. The topological polar surface area (TPSA) is 33.8 Å². The number of hydrogen-bond donors (Lipinski definition) is 0. The number of pyridine rings is 2. The molecule has 0 amide bonds. The van der Waals surface area contributed by atoms with Crippen molar-refractivity contribution in [3.05, 3.63) is 84.2 Å². The Balaban J connectivity index is 1.83. The van der Waals surface area contributed by atoms with Crippen LogP contribution in [0.5, 0.6) is 0 Å². The van der Waals surface area contributed by atoms with Crippen LogP contribution in [0.25, 0.3) is 21.8 Å². The first-order valence-corrected chi connectivity index (χ1v) is 7.98. The van der Waals surface area contributed by atoms with E-state index in [0.717, 1.165) is 32.9 Å². The molecule has 0 unspecified atom stereocenters. The van der Waals surface area contributed by atoms with Crippen molar-refractivity contribution in [2.24, 2.45) is 0 Å². The van der Waals surface area contributed by atoms with E-state index in [9.17, 15) is 4.79 Å². The molecule has 2 aromatic heterocycles. The Labute approximate surface area is 140 Å². The second-order valence-corrected chi connectivity index (χ2v) is 6.00. The summed E-state index contributed by atoms with van der Waals surface area (Å²) in [7, 11) is 0. The summed E-state index contributed by atoms with van der Waals surface area (Å²) in [6.45, 7) is 2.32. The highest BCUT2D eigenvalue weighted by molar-refractivity contribution is 6.01. The van der Waals surface area contributed by atoms with Crippen LogP contribution in [0.15, 0.2) is 73.1 Å². The van der Waals surface area contributed by atoms with Gasteiger partial charge in [-0.05, 0) is 25.1 Å². The lowest BCUT2D eigenvalue weighted by molar-refractivity contribution is -0.656. The maximum atomic E-state index is 12.7. The Morgan fingerprint density at radius 2 is 1.71 bits per heavy atom. The molecule has 0 aliphatic carbocycles. The fourth-order valence-corrected chi connectivity index (χ4v) is 3.02. The van der Waals surface area contributed by atoms with Crippen molar-refractivity contribution >= 4 is 27.6 Å². The van der Waals surface area contributed by atoms with Gasteiger partial charge in [0.1, 0.15) is 5.52 Å². The molecule has 116 valence electrons. The average molecular weight is 313 g/mol. The zero-order valence-corrected chi connectivity index (χ0v) is 13.4. The fraction of sp³-hybridized carbons (Fsp3) is 0.0952. The van der Waals surface area contributed by atoms with E-state index in [4.69, 9.17) is 0 Å². The highest BCUT2D eigenvalue weighted by Crippen LogP contribution is 2.20. The van der Waals surface area contributed by atoms with Crippen LogP contribution < -0.4 is 4.57 Å². The maximum Gasteiger partial charge on any atom is 0.239 e. The number of aryl methyl sites for hydroxylation is 1. The Kier molecular flexibility index (Phi) is 3.54. The Morgan fingerprint density at radius 3 is 2.54 bits per heavy atom. The number of rotatable bonds is 3. The zero-order valence-electron chi connectivity index (χ0n) is 13.4. The van der Waals surface area contributed by atoms with Gasteiger partial charge >= 0.3 is 0 Å². The molecule has 0 radical (unpaired) electrons. The van der Waals surface area contributed by atoms with Crippen molar-refractivity contribution in [3.63, 3.8) is 0 Å². The van der Waals surface area contributed by atoms with Gasteiger partial charge in [0.2, 0.25) is 17.8 Å². The molecule has 3 heteroatoms. The van der Waals surface area contributed by atoms with Gasteiger partial charge in [-0.15, -0.1) is 0 Å². The number of Topliss-reactive ketones (excluding diaryl/α,β-unsaturated/α-hetero) is 1. The largest absolute Gasteiger partial charge is 0.287 e. The van der Waals surface area contributed by atoms with Crippen molar-refractivity contribution in [1.29, 1.82) is 0 Å². The van der Waals surface area contributed by atoms with E-state index in [1.165, 1.54) is 0 Å². The van der Waals surface area contributed by atoms with Gasteiger partial charge < -0.3 is 0 Å². The van der Waals surface area contributed by atoms with Gasteiger partial charge in [0.05, 0.1) is 0 Å². The summed E-state index contributed by atoms with van der Waals surface area (Å²) in [5, 5.41) is 2.16. The summed E-state index contributed by atoms with van der Waals surface area (Å²) in [4.78, 5) is 17.2. The number of ketones is 1. The molecule has 0 N–H and O–H groups in total. The second-order valence-electron chi connectivity index (χ2n) is 6.00. The van der Waals surface area contributed by atoms with Crippen LogP contribution in [0.1, 0.15) is 15.9 Å². The van der Waals surface area contributed by atoms with Crippen molar-refractivity contribution < 1.29 is 9.36 Å². The van der Waals surface area contributed by atoms with E-state index in [0.29, 0.717) is 6.54 Å². The molecule has 4 rings (SSSR count). The molecule has 24 heavy (non-hydrogen) atoms. The average Bonchev–Trinajstić information content (AvgIpc) is 2.62. The quantitative estimate of drug-likeness (QED) is 0.327. The van der Waals surface area contributed by atoms with E-state index >= 15 is 0 Å². The molecule has 3 nitrogen and oxygen atoms in total. The van der Waals surface area contributed by atoms with E-state index in [1.807, 2.05) is 60.2 Å². The molecule has 2 aromatic carbocycles. The summed E-state index contributed by atoms with van der Waals surface area (Å²) < 4.78 is 1.99. The minimum Gasteiger partial charge on any atom is -0.287 e. The lowest BCUT2D eigenvalue weighted by Crippen LogP contribution is -2.38. The lowest BCUT2D eigenvalue weighted by Gasteiger charge is -2.04. The number of aromatic nitrogens is 2. The highest BCUT2D eigenvalue weighted by Gasteiger charge is 2.18. The van der Waals surface area contributed by atoms with Gasteiger partial charge in [0, 0.05) is 28.6 Å². The molecule has 0 atom stereocenters. The first kappa shape index (κ1) is 14.5. The number of nitrogens with zero attached hydrogens (tertiary/aromatic N) is 2. The molecule has 0 bridgehead atoms. The van der Waals surface area contributed by atoms with Crippen LogP contribution in [0.2, 0.25) is 0 Å². The molecule has 0 saturated heterocycles. The van der Waals surface area contributed by atoms with Gasteiger partial charge in [-0.1, -0.05) is 42.0 Å². The van der Waals surface area contributed by atoms with Gasteiger partial charge in [-0.2, -0.15) is 4.57 Å². The molecular weight excluding hydrogens is 296 g/mol. The number of hydrogen-bond acceptors (Lipinski definition) is 2. The Bertz CT molecular complexity index is 1050. The van der Waals surface area contributed by atoms with Gasteiger partial charge in [0.25, 0.3) is 0 Å². The molecule has 4 aromatic rings. The first-order valence-electron chi connectivity index (χ1n) is 7.98. The summed E-state index contributed by atoms with van der Waals surface area (Å²) in [6.07, 6.45) is 3.74. The van der Waals surface area contributed by atoms with Gasteiger partial charge in [-0.3, -0.25) is 4.79 Å². The Morgan fingerprint density at radius 1 is 0.958 bits per heavy atom.